The summed E-state index contributed by atoms with van der Waals surface area (Å²) in [6.07, 6.45) is -11.3. The van der Waals surface area contributed by atoms with Crippen molar-refractivity contribution in [3.05, 3.63) is 28.8 Å². The summed E-state index contributed by atoms with van der Waals surface area (Å²) in [6.45, 7) is -2.05. The van der Waals surface area contributed by atoms with Gasteiger partial charge >= 0.3 is 6.18 Å². The predicted molar refractivity (Wildman–Crippen MR) is 90.7 cm³/mol. The fourth-order valence-corrected chi connectivity index (χ4v) is 3.82. The summed E-state index contributed by atoms with van der Waals surface area (Å²) in [6, 6.07) is 4.12. The third-order valence-corrected chi connectivity index (χ3v) is 5.35. The zero-order valence-corrected chi connectivity index (χ0v) is 14.9. The Hall–Kier alpha value is -1.83. The van der Waals surface area contributed by atoms with Crippen LogP contribution in [0.25, 0.3) is 10.2 Å². The van der Waals surface area contributed by atoms with Crippen LogP contribution in [-0.4, -0.2) is 75.1 Å². The average molecular weight is 422 g/mol. The zero-order valence-electron chi connectivity index (χ0n) is 14.1. The normalized spacial score (nSPS) is 28.5. The van der Waals surface area contributed by atoms with Crippen LogP contribution in [0.1, 0.15) is 21.5 Å². The van der Waals surface area contributed by atoms with Crippen molar-refractivity contribution in [3.8, 4) is 0 Å². The van der Waals surface area contributed by atoms with Gasteiger partial charge in [-0.1, -0.05) is 0 Å². The summed E-state index contributed by atoms with van der Waals surface area (Å²) in [7, 11) is 0. The maximum Gasteiger partial charge on any atom is 0.405 e. The van der Waals surface area contributed by atoms with E-state index in [2.05, 4.69) is 4.98 Å². The van der Waals surface area contributed by atoms with Gasteiger partial charge in [0.1, 0.15) is 42.1 Å². The number of hydrogen-bond donors (Lipinski definition) is 5. The van der Waals surface area contributed by atoms with Gasteiger partial charge in [-0.05, 0) is 18.2 Å². The minimum Gasteiger partial charge on any atom is -0.394 e. The number of nitrogens with zero attached hydrogens (tertiary/aromatic N) is 1. The Morgan fingerprint density at radius 1 is 1.21 bits per heavy atom. The zero-order chi connectivity index (χ0) is 20.6. The van der Waals surface area contributed by atoms with Gasteiger partial charge in [-0.2, -0.15) is 13.2 Å². The van der Waals surface area contributed by atoms with E-state index in [0.717, 1.165) is 11.3 Å². The Morgan fingerprint density at radius 3 is 2.57 bits per heavy atom. The van der Waals surface area contributed by atoms with Crippen LogP contribution in [0.2, 0.25) is 0 Å². The molecule has 5 N–H and O–H groups in total. The van der Waals surface area contributed by atoms with Crippen molar-refractivity contribution < 1.29 is 43.1 Å². The monoisotopic (exact) mass is 422 g/mol. The number of aromatic nitrogens is 1. The van der Waals surface area contributed by atoms with Crippen molar-refractivity contribution in [2.24, 2.45) is 0 Å². The van der Waals surface area contributed by atoms with Crippen LogP contribution in [-0.2, 0) is 4.74 Å². The van der Waals surface area contributed by atoms with Crippen molar-refractivity contribution >= 4 is 27.5 Å². The SMILES string of the molecule is O=C(NCC(F)(F)F)c1ccc2sc([C@@H]3O[C@H](CO)[C@H](O)[C@H](O)[C@H]3O)nc2c1. The minimum absolute atomic E-state index is 0.0256. The molecule has 1 aliphatic rings. The first-order valence-electron chi connectivity index (χ1n) is 8.16. The van der Waals surface area contributed by atoms with Crippen LogP contribution in [0.5, 0.6) is 0 Å². The van der Waals surface area contributed by atoms with Crippen molar-refractivity contribution in [1.82, 2.24) is 10.3 Å². The summed E-state index contributed by atoms with van der Waals surface area (Å²) < 4.78 is 42.7. The van der Waals surface area contributed by atoms with E-state index in [1.165, 1.54) is 18.2 Å². The Kier molecular flexibility index (Phi) is 5.89. The fourth-order valence-electron chi connectivity index (χ4n) is 2.80. The standard InChI is InChI=1S/C16H17F3N2O6S/c17-16(18,19)5-20-14(26)6-1-2-9-7(3-6)21-15(28-9)13-12(25)11(24)10(23)8(4-22)27-13/h1-3,8,10-13,22-25H,4-5H2,(H,20,26)/t8-,10+,11+,12-,13-/m1/s1. The molecular formula is C16H17F3N2O6S. The summed E-state index contributed by atoms with van der Waals surface area (Å²) in [5, 5.41) is 41.1. The number of alkyl halides is 3. The number of ether oxygens (including phenoxy) is 1. The number of amides is 1. The molecule has 0 saturated carbocycles. The first-order chi connectivity index (χ1) is 13.1. The van der Waals surface area contributed by atoms with Crippen LogP contribution >= 0.6 is 11.3 Å². The van der Waals surface area contributed by atoms with Crippen LogP contribution in [0.15, 0.2) is 18.2 Å². The van der Waals surface area contributed by atoms with E-state index < -0.39 is 55.8 Å². The second kappa shape index (κ2) is 7.89. The number of hydrogen-bond acceptors (Lipinski definition) is 8. The average Bonchev–Trinajstić information content (AvgIpc) is 3.06. The van der Waals surface area contributed by atoms with Crippen molar-refractivity contribution in [3.63, 3.8) is 0 Å². The molecule has 0 aliphatic carbocycles. The molecule has 0 bridgehead atoms. The number of aliphatic hydroxyl groups excluding tert-OH is 4. The molecule has 1 aromatic heterocycles. The minimum atomic E-state index is -4.53. The quantitative estimate of drug-likeness (QED) is 0.472. The number of thiazole rings is 1. The molecule has 1 aliphatic heterocycles. The van der Waals surface area contributed by atoms with Gasteiger partial charge in [-0.3, -0.25) is 4.79 Å². The van der Waals surface area contributed by atoms with E-state index in [9.17, 15) is 38.4 Å². The third-order valence-electron chi connectivity index (χ3n) is 4.25. The van der Waals surface area contributed by atoms with Crippen molar-refractivity contribution in [2.75, 3.05) is 13.2 Å². The number of nitrogens with one attached hydrogen (secondary N) is 1. The largest absolute Gasteiger partial charge is 0.405 e. The highest BCUT2D eigenvalue weighted by molar-refractivity contribution is 7.18. The Balaban J connectivity index is 1.83. The Morgan fingerprint density at radius 2 is 1.93 bits per heavy atom. The Bertz CT molecular complexity index is 859. The number of carbonyl (C=O) groups is 1. The van der Waals surface area contributed by atoms with Crippen molar-refractivity contribution in [2.45, 2.75) is 36.7 Å². The van der Waals surface area contributed by atoms with Gasteiger partial charge in [0.2, 0.25) is 0 Å². The van der Waals surface area contributed by atoms with Gasteiger partial charge in [0.25, 0.3) is 5.91 Å². The molecule has 5 atom stereocenters. The third kappa shape index (κ3) is 4.26. The molecule has 0 unspecified atom stereocenters. The van der Waals surface area contributed by atoms with Gasteiger partial charge in [-0.15, -0.1) is 11.3 Å². The Labute approximate surface area is 160 Å². The summed E-state index contributed by atoms with van der Waals surface area (Å²) in [5.74, 6) is -0.915. The maximum absolute atomic E-state index is 12.2. The molecule has 154 valence electrons. The van der Waals surface area contributed by atoms with Gasteiger partial charge in [0.15, 0.2) is 0 Å². The van der Waals surface area contributed by atoms with Gasteiger partial charge < -0.3 is 30.5 Å². The van der Waals surface area contributed by atoms with Crippen LogP contribution in [0, 0.1) is 0 Å². The van der Waals surface area contributed by atoms with E-state index in [0.29, 0.717) is 4.70 Å². The summed E-state index contributed by atoms with van der Waals surface area (Å²) >= 11 is 1.08. The topological polar surface area (TPSA) is 132 Å². The van der Waals surface area contributed by atoms with Crippen LogP contribution < -0.4 is 5.32 Å². The molecule has 0 spiro atoms. The fraction of sp³-hybridized carbons (Fsp3) is 0.500. The molecule has 1 amide bonds. The lowest BCUT2D eigenvalue weighted by Crippen LogP contribution is -2.55. The molecule has 8 nitrogen and oxygen atoms in total. The first kappa shape index (κ1) is 20.9. The maximum atomic E-state index is 12.2. The number of carbonyl (C=O) groups excluding carboxylic acids is 1. The molecular weight excluding hydrogens is 405 g/mol. The number of aliphatic hydroxyl groups is 4. The molecule has 0 radical (unpaired) electrons. The van der Waals surface area contributed by atoms with Crippen LogP contribution in [0.4, 0.5) is 13.2 Å². The summed E-state index contributed by atoms with van der Waals surface area (Å²) in [4.78, 5) is 16.1. The van der Waals surface area contributed by atoms with Crippen LogP contribution in [0.3, 0.4) is 0 Å². The smallest absolute Gasteiger partial charge is 0.394 e. The van der Waals surface area contributed by atoms with Gasteiger partial charge in [-0.25, -0.2) is 4.98 Å². The van der Waals surface area contributed by atoms with Gasteiger partial charge in [0, 0.05) is 5.56 Å². The number of fused-ring (bicyclic) bond motifs is 1. The molecule has 3 rings (SSSR count). The predicted octanol–water partition coefficient (Wildman–Crippen LogP) is 0.103. The second-order valence-electron chi connectivity index (χ2n) is 6.28. The van der Waals surface area contributed by atoms with E-state index in [1.54, 1.807) is 5.32 Å². The van der Waals surface area contributed by atoms with E-state index >= 15 is 0 Å². The van der Waals surface area contributed by atoms with Crippen molar-refractivity contribution in [1.29, 1.82) is 0 Å². The highest BCUT2D eigenvalue weighted by Gasteiger charge is 2.45. The number of benzene rings is 1. The molecule has 2 aromatic rings. The molecule has 2 heterocycles. The molecule has 1 saturated heterocycles. The highest BCUT2D eigenvalue weighted by atomic mass is 32.1. The van der Waals surface area contributed by atoms with E-state index in [-0.39, 0.29) is 16.1 Å². The lowest BCUT2D eigenvalue weighted by atomic mass is 9.95. The van der Waals surface area contributed by atoms with E-state index in [1.807, 2.05) is 0 Å². The first-order valence-corrected chi connectivity index (χ1v) is 8.98. The van der Waals surface area contributed by atoms with E-state index in [4.69, 9.17) is 4.74 Å². The molecule has 28 heavy (non-hydrogen) atoms. The number of halogens is 3. The summed E-state index contributed by atoms with van der Waals surface area (Å²) in [5.41, 5.74) is 0.263. The molecule has 1 fully saturated rings. The number of rotatable bonds is 4. The highest BCUT2D eigenvalue weighted by Crippen LogP contribution is 2.36. The lowest BCUT2D eigenvalue weighted by Gasteiger charge is -2.39. The van der Waals surface area contributed by atoms with Gasteiger partial charge in [0.05, 0.1) is 16.8 Å². The lowest BCUT2D eigenvalue weighted by molar-refractivity contribution is -0.231. The molecule has 1 aromatic carbocycles. The second-order valence-corrected chi connectivity index (χ2v) is 7.34. The molecule has 12 heteroatoms.